The van der Waals surface area contributed by atoms with Crippen molar-refractivity contribution in [3.8, 4) is 21.9 Å². The van der Waals surface area contributed by atoms with Gasteiger partial charge in [-0.05, 0) is 98.9 Å². The molecule has 0 radical (unpaired) electrons. The molecule has 1 saturated carbocycles. The van der Waals surface area contributed by atoms with Crippen LogP contribution in [0.5, 0.6) is 11.5 Å². The summed E-state index contributed by atoms with van der Waals surface area (Å²) in [6.07, 6.45) is 5.83. The van der Waals surface area contributed by atoms with Gasteiger partial charge in [-0.1, -0.05) is 18.6 Å². The molecule has 3 amide bonds. The molecule has 3 heterocycles. The molecule has 50 heavy (non-hydrogen) atoms. The van der Waals surface area contributed by atoms with Crippen LogP contribution in [0.3, 0.4) is 0 Å². The number of anilines is 2. The molecule has 2 fully saturated rings. The second-order valence-corrected chi connectivity index (χ2v) is 13.7. The van der Waals surface area contributed by atoms with E-state index in [1.54, 1.807) is 24.4 Å². The van der Waals surface area contributed by atoms with Crippen LogP contribution < -0.4 is 20.7 Å². The van der Waals surface area contributed by atoms with Gasteiger partial charge >= 0.3 is 0 Å². The van der Waals surface area contributed by atoms with Gasteiger partial charge in [0.05, 0.1) is 15.9 Å². The van der Waals surface area contributed by atoms with Crippen LogP contribution in [0.25, 0.3) is 20.7 Å². The molecular formula is C38H35F2N5O4S. The highest BCUT2D eigenvalue weighted by molar-refractivity contribution is 7.22. The lowest BCUT2D eigenvalue weighted by Gasteiger charge is -2.26. The van der Waals surface area contributed by atoms with Crippen LogP contribution in [-0.2, 0) is 9.59 Å². The maximum Gasteiger partial charge on any atom is 0.251 e. The number of carbonyl (C=O) groups is 3. The third-order valence-corrected chi connectivity index (χ3v) is 10.5. The zero-order valence-electron chi connectivity index (χ0n) is 27.2. The van der Waals surface area contributed by atoms with Crippen molar-refractivity contribution in [1.29, 1.82) is 0 Å². The Morgan fingerprint density at radius 2 is 1.62 bits per heavy atom. The molecule has 1 aliphatic carbocycles. The number of rotatable bonds is 11. The lowest BCUT2D eigenvalue weighted by molar-refractivity contribution is -0.133. The fraction of sp³-hybridized carbons (Fsp3) is 0.263. The van der Waals surface area contributed by atoms with E-state index in [0.29, 0.717) is 28.1 Å². The lowest BCUT2D eigenvalue weighted by Crippen LogP contribution is -2.41. The van der Waals surface area contributed by atoms with Crippen LogP contribution in [0.15, 0.2) is 85.1 Å². The van der Waals surface area contributed by atoms with Crippen molar-refractivity contribution in [2.24, 2.45) is 11.1 Å². The minimum atomic E-state index is -1.39. The third-order valence-electron chi connectivity index (χ3n) is 9.28. The van der Waals surface area contributed by atoms with E-state index >= 15 is 4.39 Å². The van der Waals surface area contributed by atoms with Crippen LogP contribution in [0.2, 0.25) is 0 Å². The summed E-state index contributed by atoms with van der Waals surface area (Å²) in [6.45, 7) is 3.63. The molecular weight excluding hydrogens is 661 g/mol. The van der Waals surface area contributed by atoms with Crippen molar-refractivity contribution in [3.05, 3.63) is 102 Å². The molecule has 3 N–H and O–H groups in total. The lowest BCUT2D eigenvalue weighted by atomic mass is 10.0. The number of thiophene rings is 1. The Morgan fingerprint density at radius 1 is 0.900 bits per heavy atom. The molecule has 3 aromatic carbocycles. The van der Waals surface area contributed by atoms with Crippen LogP contribution in [0.4, 0.5) is 20.2 Å². The van der Waals surface area contributed by atoms with Crippen molar-refractivity contribution >= 4 is 50.6 Å². The van der Waals surface area contributed by atoms with Crippen molar-refractivity contribution in [2.75, 3.05) is 31.1 Å². The largest absolute Gasteiger partial charge is 0.453 e. The molecule has 0 bridgehead atoms. The van der Waals surface area contributed by atoms with Crippen molar-refractivity contribution < 1.29 is 27.9 Å². The van der Waals surface area contributed by atoms with Crippen molar-refractivity contribution in [1.82, 2.24) is 15.2 Å². The van der Waals surface area contributed by atoms with Gasteiger partial charge in [-0.2, -0.15) is 0 Å². The van der Waals surface area contributed by atoms with Crippen LogP contribution in [0, 0.1) is 17.0 Å². The van der Waals surface area contributed by atoms with Gasteiger partial charge in [0, 0.05) is 47.5 Å². The molecule has 9 nitrogen and oxygen atoms in total. The molecule has 1 saturated heterocycles. The Kier molecular flexibility index (Phi) is 9.30. The number of hydrogen-bond donors (Lipinski definition) is 2. The van der Waals surface area contributed by atoms with Crippen molar-refractivity contribution in [2.45, 2.75) is 32.1 Å². The second kappa shape index (κ2) is 14.0. The number of benzene rings is 3. The van der Waals surface area contributed by atoms with Gasteiger partial charge in [0.25, 0.3) is 5.91 Å². The molecule has 12 heteroatoms. The number of halogens is 2. The first-order chi connectivity index (χ1) is 24.2. The van der Waals surface area contributed by atoms with E-state index in [-0.39, 0.29) is 35.9 Å². The average molecular weight is 696 g/mol. The van der Waals surface area contributed by atoms with Gasteiger partial charge in [-0.15, -0.1) is 11.3 Å². The summed E-state index contributed by atoms with van der Waals surface area (Å²) in [5, 5.41) is 3.01. The van der Waals surface area contributed by atoms with Crippen molar-refractivity contribution in [3.63, 3.8) is 0 Å². The quantitative estimate of drug-likeness (QED) is 0.142. The SMILES string of the molecule is NC(=O)C1(C(=O)N(c2ccc(F)cc2)c2ccc(Oc3ccnc4cc(-c5ccc(C(=O)NCCN6CCCCC6)cc5)sc34)c(F)c2)CC1. The fourth-order valence-corrected chi connectivity index (χ4v) is 7.32. The topological polar surface area (TPSA) is 118 Å². The molecule has 2 aliphatic rings. The van der Waals surface area contributed by atoms with E-state index in [9.17, 15) is 18.8 Å². The van der Waals surface area contributed by atoms with Gasteiger partial charge < -0.3 is 20.7 Å². The van der Waals surface area contributed by atoms with Crippen LogP contribution in [-0.4, -0.2) is 53.8 Å². The number of nitrogens with zero attached hydrogens (tertiary/aromatic N) is 3. The van der Waals surface area contributed by atoms with E-state index in [1.807, 2.05) is 18.2 Å². The Morgan fingerprint density at radius 3 is 2.30 bits per heavy atom. The molecule has 1 aliphatic heterocycles. The number of aromatic nitrogens is 1. The first kappa shape index (κ1) is 33.3. The zero-order valence-corrected chi connectivity index (χ0v) is 28.0. The minimum Gasteiger partial charge on any atom is -0.453 e. The summed E-state index contributed by atoms with van der Waals surface area (Å²) >= 11 is 1.43. The number of pyridine rings is 1. The highest BCUT2D eigenvalue weighted by atomic mass is 32.1. The Bertz CT molecular complexity index is 2060. The number of primary amides is 1. The standard InChI is InChI=1S/C38H35F2N5O4S/c39-26-8-10-27(11-9-26)45(37(48)38(15-16-38)36(41)47)28-12-13-31(29(40)22-28)49-32-14-17-42-30-23-33(50-34(30)32)24-4-6-25(7-5-24)35(46)43-18-21-44-19-2-1-3-20-44/h4-14,17,22-23H,1-3,15-16,18-21H2,(H2,41,47)(H,43,46). The predicted octanol–water partition coefficient (Wildman–Crippen LogP) is 7.18. The van der Waals surface area contributed by atoms with Crippen LogP contribution >= 0.6 is 11.3 Å². The number of fused-ring (bicyclic) bond motifs is 1. The minimum absolute atomic E-state index is 0.0885. The monoisotopic (exact) mass is 695 g/mol. The number of hydrogen-bond acceptors (Lipinski definition) is 7. The number of piperidine rings is 1. The van der Waals surface area contributed by atoms with E-state index in [0.717, 1.165) is 36.1 Å². The predicted molar refractivity (Wildman–Crippen MR) is 189 cm³/mol. The number of nitrogens with two attached hydrogens (primary N) is 1. The molecule has 256 valence electrons. The number of nitrogens with one attached hydrogen (secondary N) is 1. The molecule has 5 aromatic rings. The first-order valence-corrected chi connectivity index (χ1v) is 17.4. The van der Waals surface area contributed by atoms with Gasteiger partial charge in [0.15, 0.2) is 11.6 Å². The van der Waals surface area contributed by atoms with E-state index in [2.05, 4.69) is 15.2 Å². The number of likely N-dealkylation sites (tertiary alicyclic amines) is 1. The normalized spacial score (nSPS) is 15.4. The zero-order chi connectivity index (χ0) is 34.8. The maximum atomic E-state index is 15.7. The highest BCUT2D eigenvalue weighted by Crippen LogP contribution is 2.49. The first-order valence-electron chi connectivity index (χ1n) is 16.6. The summed E-state index contributed by atoms with van der Waals surface area (Å²) in [7, 11) is 0. The van der Waals surface area contributed by atoms with Gasteiger partial charge in [0.2, 0.25) is 11.8 Å². The van der Waals surface area contributed by atoms with Crippen LogP contribution in [0.1, 0.15) is 42.5 Å². The average Bonchev–Trinajstić information content (AvgIpc) is 3.83. The number of amides is 3. The Hall–Kier alpha value is -5.20. The summed E-state index contributed by atoms with van der Waals surface area (Å²) in [6, 6.07) is 20.1. The maximum absolute atomic E-state index is 15.7. The van der Waals surface area contributed by atoms with Gasteiger partial charge in [-0.3, -0.25) is 24.3 Å². The fourth-order valence-electron chi connectivity index (χ4n) is 6.24. The molecule has 7 rings (SSSR count). The summed E-state index contributed by atoms with van der Waals surface area (Å²) in [5.41, 5.74) is 6.72. The molecule has 2 aromatic heterocycles. The van der Waals surface area contributed by atoms with E-state index in [1.165, 1.54) is 71.9 Å². The van der Waals surface area contributed by atoms with E-state index in [4.69, 9.17) is 10.5 Å². The Labute approximate surface area is 291 Å². The summed E-state index contributed by atoms with van der Waals surface area (Å²) in [4.78, 5) is 47.5. The molecule has 0 spiro atoms. The highest BCUT2D eigenvalue weighted by Gasteiger charge is 2.57. The molecule has 0 unspecified atom stereocenters. The third kappa shape index (κ3) is 6.81. The van der Waals surface area contributed by atoms with Gasteiger partial charge in [0.1, 0.15) is 17.0 Å². The number of carbonyl (C=O) groups excluding carboxylic acids is 3. The number of ether oxygens (including phenoxy) is 1. The van der Waals surface area contributed by atoms with Gasteiger partial charge in [-0.25, -0.2) is 8.78 Å². The Balaban J connectivity index is 1.08. The smallest absolute Gasteiger partial charge is 0.251 e. The van der Waals surface area contributed by atoms with E-state index < -0.39 is 28.9 Å². The second-order valence-electron chi connectivity index (χ2n) is 12.6. The summed E-state index contributed by atoms with van der Waals surface area (Å²) in [5.74, 6) is -2.43. The summed E-state index contributed by atoms with van der Waals surface area (Å²) < 4.78 is 36.2. The molecule has 0 atom stereocenters.